The van der Waals surface area contributed by atoms with Gasteiger partial charge < -0.3 is 19.5 Å². The van der Waals surface area contributed by atoms with Gasteiger partial charge in [-0.05, 0) is 56.3 Å². The molecule has 2 heterocycles. The number of benzene rings is 2. The number of aromatic nitrogens is 3. The first kappa shape index (κ1) is 19.1. The van der Waals surface area contributed by atoms with Crippen molar-refractivity contribution >= 4 is 23.2 Å². The van der Waals surface area contributed by atoms with Gasteiger partial charge in [0.05, 0.1) is 12.3 Å². The van der Waals surface area contributed by atoms with E-state index in [1.807, 2.05) is 37.3 Å². The summed E-state index contributed by atoms with van der Waals surface area (Å²) in [5.41, 5.74) is 2.20. The molecule has 0 bridgehead atoms. The van der Waals surface area contributed by atoms with Crippen molar-refractivity contribution < 1.29 is 19.0 Å². The molecule has 9 heteroatoms. The summed E-state index contributed by atoms with van der Waals surface area (Å²) >= 11 is 5.80. The Balaban J connectivity index is 1.69. The number of ether oxygens (including phenoxy) is 3. The Hall–Kier alpha value is -3.26. The van der Waals surface area contributed by atoms with E-state index in [-0.39, 0.29) is 18.7 Å². The van der Waals surface area contributed by atoms with Crippen molar-refractivity contribution in [2.45, 2.75) is 19.2 Å². The summed E-state index contributed by atoms with van der Waals surface area (Å²) in [6, 6.07) is 13.1. The number of hydrogen-bond acceptors (Lipinski definition) is 6. The van der Waals surface area contributed by atoms with Crippen LogP contribution in [0.4, 0.5) is 5.69 Å². The normalized spacial score (nSPS) is 13.2. The van der Waals surface area contributed by atoms with E-state index in [4.69, 9.17) is 25.8 Å². The smallest absolute Gasteiger partial charge is 0.336 e. The topological polar surface area (TPSA) is 87.5 Å². The second-order valence-corrected chi connectivity index (χ2v) is 6.94. The zero-order chi connectivity index (χ0) is 20.4. The first-order valence-electron chi connectivity index (χ1n) is 9.10. The Kier molecular flexibility index (Phi) is 5.26. The molecule has 29 heavy (non-hydrogen) atoms. The lowest BCUT2D eigenvalue weighted by molar-refractivity contribution is -0.115. The summed E-state index contributed by atoms with van der Waals surface area (Å²) in [7, 11) is 0. The van der Waals surface area contributed by atoms with E-state index in [0.29, 0.717) is 29.6 Å². The van der Waals surface area contributed by atoms with Gasteiger partial charge in [-0.2, -0.15) is 4.98 Å². The fourth-order valence-corrected chi connectivity index (χ4v) is 2.87. The van der Waals surface area contributed by atoms with Crippen LogP contribution in [-0.4, -0.2) is 39.4 Å². The first-order valence-corrected chi connectivity index (χ1v) is 9.54. The van der Waals surface area contributed by atoms with Crippen LogP contribution in [0, 0.1) is 0 Å². The van der Waals surface area contributed by atoms with Crippen molar-refractivity contribution in [3.05, 3.63) is 42.5 Å². The largest absolute Gasteiger partial charge is 0.463 e. The third-order valence-corrected chi connectivity index (χ3v) is 4.43. The Morgan fingerprint density at radius 1 is 1.24 bits per heavy atom. The zero-order valence-corrected chi connectivity index (χ0v) is 16.6. The minimum atomic E-state index is -0.614. The van der Waals surface area contributed by atoms with Gasteiger partial charge in [0.2, 0.25) is 12.7 Å². The lowest BCUT2D eigenvalue weighted by Crippen LogP contribution is -2.20. The van der Waals surface area contributed by atoms with Gasteiger partial charge in [0, 0.05) is 11.3 Å². The second-order valence-electron chi connectivity index (χ2n) is 6.28. The predicted octanol–water partition coefficient (Wildman–Crippen LogP) is 3.63. The number of nitrogens with zero attached hydrogens (tertiary/aromatic N) is 3. The second kappa shape index (κ2) is 8.00. The molecule has 0 radical (unpaired) electrons. The van der Waals surface area contributed by atoms with Crippen LogP contribution >= 0.6 is 11.6 Å². The predicted molar refractivity (Wildman–Crippen MR) is 108 cm³/mol. The molecular weight excluding hydrogens is 396 g/mol. The number of hydrogen-bond donors (Lipinski definition) is 1. The maximum Gasteiger partial charge on any atom is 0.336 e. The Morgan fingerprint density at radius 2 is 2.00 bits per heavy atom. The van der Waals surface area contributed by atoms with Gasteiger partial charge >= 0.3 is 6.01 Å². The lowest BCUT2D eigenvalue weighted by Gasteiger charge is -2.09. The van der Waals surface area contributed by atoms with Gasteiger partial charge in [-0.15, -0.1) is 16.7 Å². The summed E-state index contributed by atoms with van der Waals surface area (Å²) in [6.07, 6.45) is 0. The summed E-state index contributed by atoms with van der Waals surface area (Å²) in [6.45, 7) is 4.14. The lowest BCUT2D eigenvalue weighted by atomic mass is 10.2. The summed E-state index contributed by atoms with van der Waals surface area (Å²) in [4.78, 5) is 16.3. The number of carbonyl (C=O) groups is 1. The highest BCUT2D eigenvalue weighted by Gasteiger charge is 2.19. The third kappa shape index (κ3) is 3.97. The van der Waals surface area contributed by atoms with E-state index in [0.717, 1.165) is 11.3 Å². The molecule has 8 nitrogen and oxygen atoms in total. The van der Waals surface area contributed by atoms with E-state index in [2.05, 4.69) is 15.4 Å². The monoisotopic (exact) mass is 414 g/mol. The fourth-order valence-electron chi connectivity index (χ4n) is 2.81. The average molecular weight is 415 g/mol. The molecule has 4 rings (SSSR count). The van der Waals surface area contributed by atoms with Crippen molar-refractivity contribution in [3.8, 4) is 34.6 Å². The first-order chi connectivity index (χ1) is 14.0. The Bertz CT molecular complexity index is 1030. The molecular formula is C20H19ClN4O4. The van der Waals surface area contributed by atoms with Crippen molar-refractivity contribution in [2.24, 2.45) is 0 Å². The fraction of sp³-hybridized carbons (Fsp3) is 0.250. The van der Waals surface area contributed by atoms with E-state index >= 15 is 0 Å². The number of amides is 1. The number of carbonyl (C=O) groups excluding carboxylic acids is 1. The average Bonchev–Trinajstić information content (AvgIpc) is 3.35. The number of alkyl halides is 1. The molecule has 150 valence electrons. The van der Waals surface area contributed by atoms with Crippen molar-refractivity contribution in [3.63, 3.8) is 0 Å². The molecule has 3 aromatic rings. The molecule has 1 aromatic heterocycles. The van der Waals surface area contributed by atoms with E-state index in [9.17, 15) is 4.79 Å². The van der Waals surface area contributed by atoms with Crippen LogP contribution in [0.2, 0.25) is 0 Å². The molecule has 0 fully saturated rings. The van der Waals surface area contributed by atoms with Crippen LogP contribution in [-0.2, 0) is 4.79 Å². The third-order valence-electron chi connectivity index (χ3n) is 4.23. The molecule has 2 aromatic carbocycles. The molecule has 0 saturated carbocycles. The Morgan fingerprint density at radius 3 is 2.72 bits per heavy atom. The molecule has 1 N–H and O–H groups in total. The molecule has 1 aliphatic heterocycles. The highest BCUT2D eigenvalue weighted by Crippen LogP contribution is 2.36. The molecule has 1 atom stereocenters. The van der Waals surface area contributed by atoms with Crippen LogP contribution in [0.5, 0.6) is 17.5 Å². The number of nitrogens with one attached hydrogen (secondary N) is 1. The quantitative estimate of drug-likeness (QED) is 0.620. The maximum absolute atomic E-state index is 11.8. The van der Waals surface area contributed by atoms with Crippen LogP contribution < -0.4 is 19.5 Å². The molecule has 0 aliphatic carbocycles. The van der Waals surface area contributed by atoms with Gasteiger partial charge in [-0.3, -0.25) is 4.79 Å². The number of anilines is 1. The van der Waals surface area contributed by atoms with E-state index in [1.54, 1.807) is 23.7 Å². The minimum absolute atomic E-state index is 0.198. The maximum atomic E-state index is 11.8. The molecule has 0 unspecified atom stereocenters. The highest BCUT2D eigenvalue weighted by molar-refractivity contribution is 6.32. The van der Waals surface area contributed by atoms with Gasteiger partial charge in [0.25, 0.3) is 0 Å². The van der Waals surface area contributed by atoms with Gasteiger partial charge in [0.15, 0.2) is 17.3 Å². The van der Waals surface area contributed by atoms with Gasteiger partial charge in [0.1, 0.15) is 5.38 Å². The van der Waals surface area contributed by atoms with Crippen LogP contribution in [0.15, 0.2) is 42.5 Å². The summed E-state index contributed by atoms with van der Waals surface area (Å²) in [5.74, 6) is 1.68. The van der Waals surface area contributed by atoms with Crippen molar-refractivity contribution in [1.82, 2.24) is 14.8 Å². The highest BCUT2D eigenvalue weighted by atomic mass is 35.5. The number of rotatable bonds is 6. The zero-order valence-electron chi connectivity index (χ0n) is 15.9. The number of fused-ring (bicyclic) bond motifs is 1. The number of halogens is 1. The summed E-state index contributed by atoms with van der Waals surface area (Å²) in [5, 5.41) is 6.60. The van der Waals surface area contributed by atoms with E-state index < -0.39 is 5.38 Å². The summed E-state index contributed by atoms with van der Waals surface area (Å²) < 4.78 is 18.0. The Labute approximate surface area is 172 Å². The van der Waals surface area contributed by atoms with Gasteiger partial charge in [-0.25, -0.2) is 4.68 Å². The van der Waals surface area contributed by atoms with Crippen LogP contribution in [0.25, 0.3) is 17.1 Å². The molecule has 0 saturated heterocycles. The van der Waals surface area contributed by atoms with Crippen LogP contribution in [0.3, 0.4) is 0 Å². The molecule has 0 spiro atoms. The van der Waals surface area contributed by atoms with Crippen molar-refractivity contribution in [2.75, 3.05) is 18.7 Å². The molecule has 1 amide bonds. The van der Waals surface area contributed by atoms with Gasteiger partial charge in [-0.1, -0.05) is 0 Å². The minimum Gasteiger partial charge on any atom is -0.463 e. The van der Waals surface area contributed by atoms with E-state index in [1.165, 1.54) is 0 Å². The van der Waals surface area contributed by atoms with Crippen LogP contribution in [0.1, 0.15) is 13.8 Å². The van der Waals surface area contributed by atoms with Crippen molar-refractivity contribution in [1.29, 1.82) is 0 Å². The standard InChI is InChI=1S/C20H19ClN4O4/c1-3-27-20-23-18(13-4-9-16-17(10-13)29-11-28-16)25(24-20)15-7-5-14(6-8-15)22-19(26)12(2)21/h4-10,12H,3,11H2,1-2H3,(H,22,26)/t12-/m1/s1. The molecule has 1 aliphatic rings. The SMILES string of the molecule is CCOc1nc(-c2ccc3c(c2)OCO3)n(-c2ccc(NC(=O)[C@@H](C)Cl)cc2)n1.